The zero-order valence-electron chi connectivity index (χ0n) is 15.3. The number of rotatable bonds is 11. The van der Waals surface area contributed by atoms with Gasteiger partial charge < -0.3 is 24.8 Å². The molecule has 0 aliphatic carbocycles. The number of benzene rings is 2. The SMILES string of the molecule is CCOCCOc1ccccc1NC(=O)CNc1ccccc1OCC. The van der Waals surface area contributed by atoms with Gasteiger partial charge in [-0.15, -0.1) is 0 Å². The second-order valence-electron chi connectivity index (χ2n) is 5.37. The summed E-state index contributed by atoms with van der Waals surface area (Å²) in [5.74, 6) is 1.18. The summed E-state index contributed by atoms with van der Waals surface area (Å²) in [6.07, 6.45) is 0. The normalized spacial score (nSPS) is 10.2. The third-order valence-electron chi connectivity index (χ3n) is 3.48. The predicted octanol–water partition coefficient (Wildman–Crippen LogP) is 3.55. The minimum Gasteiger partial charge on any atom is -0.492 e. The molecule has 140 valence electrons. The smallest absolute Gasteiger partial charge is 0.243 e. The van der Waals surface area contributed by atoms with Crippen LogP contribution in [0.1, 0.15) is 13.8 Å². The molecule has 6 heteroatoms. The van der Waals surface area contributed by atoms with E-state index in [1.165, 1.54) is 0 Å². The number of anilines is 2. The van der Waals surface area contributed by atoms with Gasteiger partial charge in [0.2, 0.25) is 5.91 Å². The van der Waals surface area contributed by atoms with Gasteiger partial charge in [-0.1, -0.05) is 24.3 Å². The predicted molar refractivity (Wildman–Crippen MR) is 103 cm³/mol. The Bertz CT molecular complexity index is 691. The van der Waals surface area contributed by atoms with Crippen molar-refractivity contribution in [3.8, 4) is 11.5 Å². The van der Waals surface area contributed by atoms with Gasteiger partial charge in [0.15, 0.2) is 0 Å². The Balaban J connectivity index is 1.90. The van der Waals surface area contributed by atoms with E-state index < -0.39 is 0 Å². The van der Waals surface area contributed by atoms with Crippen molar-refractivity contribution < 1.29 is 19.0 Å². The molecule has 2 aromatic carbocycles. The summed E-state index contributed by atoms with van der Waals surface area (Å²) in [5, 5.41) is 5.96. The molecule has 0 aromatic heterocycles. The maximum absolute atomic E-state index is 12.3. The highest BCUT2D eigenvalue weighted by atomic mass is 16.5. The number of ether oxygens (including phenoxy) is 3. The Morgan fingerprint density at radius 1 is 0.846 bits per heavy atom. The molecule has 0 saturated carbocycles. The van der Waals surface area contributed by atoms with Crippen LogP contribution in [0.2, 0.25) is 0 Å². The minimum absolute atomic E-state index is 0.122. The highest BCUT2D eigenvalue weighted by Crippen LogP contribution is 2.25. The maximum Gasteiger partial charge on any atom is 0.243 e. The third-order valence-corrected chi connectivity index (χ3v) is 3.48. The Hall–Kier alpha value is -2.73. The highest BCUT2D eigenvalue weighted by Gasteiger charge is 2.09. The Morgan fingerprint density at radius 3 is 2.19 bits per heavy atom. The second kappa shape index (κ2) is 11.0. The Morgan fingerprint density at radius 2 is 1.50 bits per heavy atom. The van der Waals surface area contributed by atoms with Crippen molar-refractivity contribution in [2.45, 2.75) is 13.8 Å². The molecule has 0 unspecified atom stereocenters. The number of hydrogen-bond donors (Lipinski definition) is 2. The number of nitrogens with one attached hydrogen (secondary N) is 2. The van der Waals surface area contributed by atoms with E-state index >= 15 is 0 Å². The van der Waals surface area contributed by atoms with Crippen LogP contribution >= 0.6 is 0 Å². The molecule has 0 fully saturated rings. The first-order chi connectivity index (χ1) is 12.7. The fraction of sp³-hybridized carbons (Fsp3) is 0.350. The summed E-state index contributed by atoms with van der Waals surface area (Å²) >= 11 is 0. The summed E-state index contributed by atoms with van der Waals surface area (Å²) in [4.78, 5) is 12.3. The monoisotopic (exact) mass is 358 g/mol. The van der Waals surface area contributed by atoms with Gasteiger partial charge in [-0.2, -0.15) is 0 Å². The van der Waals surface area contributed by atoms with Gasteiger partial charge in [0, 0.05) is 6.61 Å². The third kappa shape index (κ3) is 6.29. The van der Waals surface area contributed by atoms with Crippen LogP contribution in [-0.2, 0) is 9.53 Å². The fourth-order valence-corrected chi connectivity index (χ4v) is 2.31. The molecule has 2 aromatic rings. The van der Waals surface area contributed by atoms with E-state index in [2.05, 4.69) is 10.6 Å². The van der Waals surface area contributed by atoms with E-state index in [0.717, 1.165) is 11.4 Å². The lowest BCUT2D eigenvalue weighted by Gasteiger charge is -2.14. The van der Waals surface area contributed by atoms with Crippen LogP contribution < -0.4 is 20.1 Å². The summed E-state index contributed by atoms with van der Waals surface area (Å²) in [5.41, 5.74) is 1.42. The fourth-order valence-electron chi connectivity index (χ4n) is 2.31. The minimum atomic E-state index is -0.169. The molecule has 0 atom stereocenters. The maximum atomic E-state index is 12.3. The van der Waals surface area contributed by atoms with Crippen LogP contribution in [-0.4, -0.2) is 38.9 Å². The topological polar surface area (TPSA) is 68.8 Å². The van der Waals surface area contributed by atoms with Crippen LogP contribution in [0.4, 0.5) is 11.4 Å². The quantitative estimate of drug-likeness (QED) is 0.601. The van der Waals surface area contributed by atoms with Crippen molar-refractivity contribution in [1.29, 1.82) is 0 Å². The number of hydrogen-bond acceptors (Lipinski definition) is 5. The van der Waals surface area contributed by atoms with Crippen molar-refractivity contribution in [3.05, 3.63) is 48.5 Å². The lowest BCUT2D eigenvalue weighted by molar-refractivity contribution is -0.114. The average molecular weight is 358 g/mol. The number of carbonyl (C=O) groups excluding carboxylic acids is 1. The largest absolute Gasteiger partial charge is 0.492 e. The van der Waals surface area contributed by atoms with Gasteiger partial charge in [0.1, 0.15) is 18.1 Å². The molecule has 0 radical (unpaired) electrons. The average Bonchev–Trinajstić information content (AvgIpc) is 2.66. The summed E-state index contributed by atoms with van der Waals surface area (Å²) in [6.45, 7) is 6.14. The molecular weight excluding hydrogens is 332 g/mol. The lowest BCUT2D eigenvalue weighted by atomic mass is 10.2. The van der Waals surface area contributed by atoms with E-state index in [1.807, 2.05) is 62.4 Å². The molecule has 0 aliphatic heterocycles. The first-order valence-corrected chi connectivity index (χ1v) is 8.79. The first kappa shape index (κ1) is 19.6. The van der Waals surface area contributed by atoms with Crippen molar-refractivity contribution in [1.82, 2.24) is 0 Å². The van der Waals surface area contributed by atoms with Crippen LogP contribution in [0.5, 0.6) is 11.5 Å². The van der Waals surface area contributed by atoms with Crippen molar-refractivity contribution in [2.75, 3.05) is 43.6 Å². The Kier molecular flexibility index (Phi) is 8.29. The van der Waals surface area contributed by atoms with Gasteiger partial charge in [-0.25, -0.2) is 0 Å². The van der Waals surface area contributed by atoms with E-state index in [4.69, 9.17) is 14.2 Å². The number of carbonyl (C=O) groups is 1. The van der Waals surface area contributed by atoms with Crippen molar-refractivity contribution in [3.63, 3.8) is 0 Å². The molecule has 0 saturated heterocycles. The summed E-state index contributed by atoms with van der Waals surface area (Å²) < 4.78 is 16.5. The van der Waals surface area contributed by atoms with Gasteiger partial charge in [-0.05, 0) is 38.1 Å². The van der Waals surface area contributed by atoms with Gasteiger partial charge in [0.05, 0.1) is 31.1 Å². The molecule has 26 heavy (non-hydrogen) atoms. The van der Waals surface area contributed by atoms with Gasteiger partial charge in [-0.3, -0.25) is 4.79 Å². The first-order valence-electron chi connectivity index (χ1n) is 8.79. The van der Waals surface area contributed by atoms with Crippen LogP contribution in [0.3, 0.4) is 0 Å². The Labute approximate surface area is 154 Å². The van der Waals surface area contributed by atoms with E-state index in [9.17, 15) is 4.79 Å². The van der Waals surface area contributed by atoms with Gasteiger partial charge in [0.25, 0.3) is 0 Å². The van der Waals surface area contributed by atoms with Crippen molar-refractivity contribution >= 4 is 17.3 Å². The molecule has 0 aliphatic rings. The van der Waals surface area contributed by atoms with E-state index in [0.29, 0.717) is 37.9 Å². The molecule has 0 heterocycles. The second-order valence-corrected chi connectivity index (χ2v) is 5.37. The van der Waals surface area contributed by atoms with Crippen LogP contribution in [0.15, 0.2) is 48.5 Å². The molecule has 0 bridgehead atoms. The van der Waals surface area contributed by atoms with Gasteiger partial charge >= 0.3 is 0 Å². The van der Waals surface area contributed by atoms with Crippen LogP contribution in [0, 0.1) is 0 Å². The summed E-state index contributed by atoms with van der Waals surface area (Å²) in [6, 6.07) is 14.9. The molecule has 6 nitrogen and oxygen atoms in total. The zero-order chi connectivity index (χ0) is 18.6. The standard InChI is InChI=1S/C20H26N2O4/c1-3-24-13-14-26-19-12-8-6-10-17(19)22-20(23)15-21-16-9-5-7-11-18(16)25-4-2/h5-12,21H,3-4,13-15H2,1-2H3,(H,22,23). The molecule has 2 N–H and O–H groups in total. The van der Waals surface area contributed by atoms with E-state index in [1.54, 1.807) is 0 Å². The molecule has 1 amide bonds. The lowest BCUT2D eigenvalue weighted by Crippen LogP contribution is -2.22. The molecular formula is C20H26N2O4. The zero-order valence-corrected chi connectivity index (χ0v) is 15.3. The number of amides is 1. The summed E-state index contributed by atoms with van der Waals surface area (Å²) in [7, 11) is 0. The van der Waals surface area contributed by atoms with Crippen LogP contribution in [0.25, 0.3) is 0 Å². The van der Waals surface area contributed by atoms with E-state index in [-0.39, 0.29) is 12.5 Å². The highest BCUT2D eigenvalue weighted by molar-refractivity contribution is 5.95. The molecule has 2 rings (SSSR count). The molecule has 0 spiro atoms. The number of para-hydroxylation sites is 4. The van der Waals surface area contributed by atoms with Crippen molar-refractivity contribution in [2.24, 2.45) is 0 Å².